The maximum atomic E-state index is 11.8. The first kappa shape index (κ1) is 55.5. The molecule has 0 fully saturated rings. The topological polar surface area (TPSA) is 458 Å². The molecule has 0 aliphatic heterocycles. The van der Waals surface area contributed by atoms with Crippen LogP contribution in [-0.2, 0) is 48.9 Å². The molecule has 5 rings (SSSR count). The highest BCUT2D eigenvalue weighted by Crippen LogP contribution is 2.32. The van der Waals surface area contributed by atoms with Crippen LogP contribution >= 0.6 is 0 Å². The number of methoxy groups -OCH3 is 5. The predicted octanol–water partition coefficient (Wildman–Crippen LogP) is -0.944. The number of fused-ring (bicyclic) bond motifs is 3. The number of esters is 6. The number of carboxylic acid groups (broad SMARTS) is 4. The summed E-state index contributed by atoms with van der Waals surface area (Å²) in [5, 5.41) is 33.8. The molecule has 4 N–H and O–H groups in total. The molecule has 0 spiro atoms. The lowest BCUT2D eigenvalue weighted by Crippen LogP contribution is -2.15. The second-order valence-corrected chi connectivity index (χ2v) is 12.6. The van der Waals surface area contributed by atoms with Crippen molar-refractivity contribution < 1.29 is 123 Å². The summed E-state index contributed by atoms with van der Waals surface area (Å²) in [6, 6.07) is 0. The van der Waals surface area contributed by atoms with Gasteiger partial charge in [0.2, 0.25) is 28.4 Å². The molecule has 0 amide bonds. The van der Waals surface area contributed by atoms with Gasteiger partial charge in [-0.05, 0) is 0 Å². The third-order valence-electron chi connectivity index (χ3n) is 6.68. The van der Waals surface area contributed by atoms with Crippen LogP contribution in [0.3, 0.4) is 0 Å². The molecule has 31 heteroatoms. The summed E-state index contributed by atoms with van der Waals surface area (Å²) in [6.07, 6.45) is 3.28. The van der Waals surface area contributed by atoms with Crippen molar-refractivity contribution in [2.75, 3.05) is 48.1 Å². The number of furan rings is 5. The van der Waals surface area contributed by atoms with Gasteiger partial charge in [0.15, 0.2) is 5.56 Å². The highest BCUT2D eigenvalue weighted by atomic mass is 32.2. The Morgan fingerprint density at radius 3 is 1.12 bits per heavy atom. The Morgan fingerprint density at radius 2 is 0.821 bits per heavy atom. The monoisotopic (exact) mass is 972 g/mol. The van der Waals surface area contributed by atoms with Crippen LogP contribution in [0.15, 0.2) is 41.3 Å². The number of aromatic carboxylic acids is 4. The summed E-state index contributed by atoms with van der Waals surface area (Å²) in [4.78, 5) is 153. The maximum absolute atomic E-state index is 11.8. The fourth-order valence-electron chi connectivity index (χ4n) is 4.25. The minimum atomic E-state index is -1.91. The summed E-state index contributed by atoms with van der Waals surface area (Å²) in [7, 11) is 4.84. The minimum Gasteiger partial charge on any atom is -0.478 e. The van der Waals surface area contributed by atoms with Crippen LogP contribution < -0.4 is 27.2 Å². The van der Waals surface area contributed by atoms with Gasteiger partial charge in [-0.15, -0.1) is 0 Å². The van der Waals surface area contributed by atoms with Gasteiger partial charge < -0.3 is 70.9 Å². The lowest BCUT2D eigenvalue weighted by Gasteiger charge is -2.02. The normalized spacial score (nSPS) is 9.75. The molecular weight excluding hydrogens is 944 g/mol. The van der Waals surface area contributed by atoms with Gasteiger partial charge >= 0.3 is 88.1 Å². The molecule has 0 aliphatic carbocycles. The first-order valence-corrected chi connectivity index (χ1v) is 18.5. The second-order valence-electron chi connectivity index (χ2n) is 11.1. The summed E-state index contributed by atoms with van der Waals surface area (Å²) in [5.41, 5.74) is -8.38. The highest BCUT2D eigenvalue weighted by Gasteiger charge is 2.38. The van der Waals surface area contributed by atoms with E-state index in [1.165, 1.54) is 14.2 Å². The van der Waals surface area contributed by atoms with Gasteiger partial charge in [-0.25, -0.2) is 62.3 Å². The van der Waals surface area contributed by atoms with E-state index in [0.29, 0.717) is 0 Å². The molecule has 5 aromatic heterocycles. The Morgan fingerprint density at radius 1 is 0.463 bits per heavy atom. The average molecular weight is 973 g/mol. The Balaban J connectivity index is 0.000000445. The fourth-order valence-corrected chi connectivity index (χ4v) is 4.25. The molecule has 0 atom stereocenters. The van der Waals surface area contributed by atoms with E-state index in [0.717, 1.165) is 28.3 Å². The number of carboxylic acids is 4. The maximum Gasteiger partial charge on any atom is 0.384 e. The standard InChI is InChI=1S/C12H12O9.C8H4O9.C8O7.C6H6O4.C2H6OS/c1-5(13)20-12-7(10(15)18-3)6(9(14)17-2)8(21-12)11(16)19-4;9-5(10)1-2(6(11)12)4(8(15)16)17-3(1)7(13)14;9-5-1-2-4(8(12)15-6(2)10)13-3(1)7(11)14-5;1-9-5(7)3-4-6(8)10-2;1-4(2)3/h1-4H3;(H,9,10)(H,11,12)(H,13,14)(H,15,16);;1-2H3;1-2H3. The minimum absolute atomic E-state index is 0.328. The van der Waals surface area contributed by atoms with Crippen molar-refractivity contribution >= 4 is 92.4 Å². The van der Waals surface area contributed by atoms with Crippen molar-refractivity contribution in [3.63, 3.8) is 0 Å². The van der Waals surface area contributed by atoms with Crippen molar-refractivity contribution in [2.24, 2.45) is 0 Å². The number of hydrogen-bond donors (Lipinski definition) is 4. The third-order valence-corrected chi connectivity index (χ3v) is 6.68. The highest BCUT2D eigenvalue weighted by molar-refractivity contribution is 7.83. The summed E-state index contributed by atoms with van der Waals surface area (Å²) < 4.78 is 58.1. The van der Waals surface area contributed by atoms with Crippen LogP contribution in [0.1, 0.15) is 80.0 Å². The summed E-state index contributed by atoms with van der Waals surface area (Å²) in [6.45, 7) is 1.04. The van der Waals surface area contributed by atoms with Gasteiger partial charge in [0.05, 0.1) is 35.5 Å². The van der Waals surface area contributed by atoms with Gasteiger partial charge in [-0.2, -0.15) is 0 Å². The summed E-state index contributed by atoms with van der Waals surface area (Å²) >= 11 is 0. The van der Waals surface area contributed by atoms with Crippen LogP contribution in [0.25, 0.3) is 21.9 Å². The Kier molecular flexibility index (Phi) is 20.2. The molecule has 67 heavy (non-hydrogen) atoms. The van der Waals surface area contributed by atoms with Gasteiger partial charge in [0, 0.05) is 42.1 Å². The summed E-state index contributed by atoms with van der Waals surface area (Å²) in [5.74, 6) is -13.1. The first-order chi connectivity index (χ1) is 31.2. The smallest absolute Gasteiger partial charge is 0.384 e. The lowest BCUT2D eigenvalue weighted by molar-refractivity contribution is -0.135. The second kappa shape index (κ2) is 24.4. The molecule has 0 unspecified atom stereocenters. The van der Waals surface area contributed by atoms with E-state index in [-0.39, 0.29) is 10.8 Å². The van der Waals surface area contributed by atoms with Crippen molar-refractivity contribution in [1.82, 2.24) is 0 Å². The van der Waals surface area contributed by atoms with Crippen molar-refractivity contribution in [3.8, 4) is 17.8 Å². The molecule has 0 saturated carbocycles. The third kappa shape index (κ3) is 14.0. The largest absolute Gasteiger partial charge is 0.478 e. The van der Waals surface area contributed by atoms with Crippen LogP contribution in [0.2, 0.25) is 0 Å². The molecule has 0 aliphatic rings. The Labute approximate surface area is 369 Å². The quantitative estimate of drug-likeness (QED) is 0.0630. The fraction of sp³-hybridized carbons (Fsp3) is 0.222. The van der Waals surface area contributed by atoms with E-state index in [9.17, 15) is 71.3 Å². The van der Waals surface area contributed by atoms with Crippen LogP contribution in [0.5, 0.6) is 5.95 Å². The molecule has 5 aromatic rings. The average Bonchev–Trinajstić information content (AvgIpc) is 4.06. The van der Waals surface area contributed by atoms with E-state index in [1.807, 2.05) is 11.8 Å². The zero-order valence-corrected chi connectivity index (χ0v) is 35.6. The Hall–Kier alpha value is -9.47. The Bertz CT molecular complexity index is 2940. The SMILES string of the molecule is COC(=O)C#CC(=O)OC.COC(=O)c1oc(OC(C)=O)c(C(=O)OC)c1C(=O)OC.CS(C)=O.O=C(O)c1oc(C(=O)O)c(C(=O)O)c1C(=O)O.O=c1oc(=O)c2c1oc1c(=O)oc(=O)c12. The van der Waals surface area contributed by atoms with Crippen molar-refractivity contribution in [1.29, 1.82) is 0 Å². The predicted molar refractivity (Wildman–Crippen MR) is 208 cm³/mol. The number of hydrogen-bond acceptors (Lipinski definition) is 26. The van der Waals surface area contributed by atoms with Crippen LogP contribution in [0, 0.1) is 11.8 Å². The van der Waals surface area contributed by atoms with Gasteiger partial charge in [0.25, 0.3) is 0 Å². The van der Waals surface area contributed by atoms with Crippen LogP contribution in [0.4, 0.5) is 0 Å². The number of ether oxygens (including phenoxy) is 6. The van der Waals surface area contributed by atoms with Crippen molar-refractivity contribution in [3.05, 3.63) is 81.2 Å². The molecule has 0 bridgehead atoms. The lowest BCUT2D eigenvalue weighted by atomic mass is 10.1. The molecular formula is C36H28O30S. The van der Waals surface area contributed by atoms with Crippen LogP contribution in [-0.4, -0.2) is 132 Å². The van der Waals surface area contributed by atoms with Crippen molar-refractivity contribution in [2.45, 2.75) is 6.92 Å². The zero-order chi connectivity index (χ0) is 51.8. The van der Waals surface area contributed by atoms with E-state index < -0.39 is 150 Å². The first-order valence-electron chi connectivity index (χ1n) is 16.5. The van der Waals surface area contributed by atoms with Gasteiger partial charge in [0.1, 0.15) is 27.5 Å². The molecule has 30 nitrogen and oxygen atoms in total. The molecule has 0 saturated heterocycles. The molecule has 0 aromatic carbocycles. The molecule has 358 valence electrons. The van der Waals surface area contributed by atoms with E-state index in [2.05, 4.69) is 41.7 Å². The van der Waals surface area contributed by atoms with E-state index in [4.69, 9.17) is 29.3 Å². The van der Waals surface area contributed by atoms with E-state index in [1.54, 1.807) is 12.5 Å². The number of carbonyl (C=O) groups is 10. The van der Waals surface area contributed by atoms with Gasteiger partial charge in [-0.1, -0.05) is 0 Å². The van der Waals surface area contributed by atoms with Gasteiger partial charge in [-0.3, -0.25) is 9.00 Å². The zero-order valence-electron chi connectivity index (χ0n) is 34.8. The number of rotatable bonds is 8. The molecule has 5 heterocycles. The molecule has 0 radical (unpaired) electrons. The number of carbonyl (C=O) groups excluding carboxylic acids is 6. The van der Waals surface area contributed by atoms with E-state index >= 15 is 0 Å².